The van der Waals surface area contributed by atoms with E-state index in [9.17, 15) is 10.1 Å². The van der Waals surface area contributed by atoms with E-state index in [-0.39, 0.29) is 5.91 Å². The van der Waals surface area contributed by atoms with Gasteiger partial charge in [0, 0.05) is 42.8 Å². The SMILES string of the molecule is N#Cc1ccc2nc(Nc3ccon3)c(N3CCN(C(=O)c4ccc(Cl)cc4)CC3)nc2c1. The van der Waals surface area contributed by atoms with Gasteiger partial charge in [0.15, 0.2) is 17.5 Å². The monoisotopic (exact) mass is 459 g/mol. The lowest BCUT2D eigenvalue weighted by molar-refractivity contribution is 0.0746. The van der Waals surface area contributed by atoms with Gasteiger partial charge >= 0.3 is 0 Å². The van der Waals surface area contributed by atoms with Crippen molar-refractivity contribution in [2.75, 3.05) is 36.4 Å². The summed E-state index contributed by atoms with van der Waals surface area (Å²) < 4.78 is 4.92. The molecule has 0 aliphatic carbocycles. The molecular weight excluding hydrogens is 442 g/mol. The first-order valence-electron chi connectivity index (χ1n) is 10.3. The van der Waals surface area contributed by atoms with E-state index in [2.05, 4.69) is 21.4 Å². The number of rotatable bonds is 4. The molecule has 10 heteroatoms. The van der Waals surface area contributed by atoms with E-state index in [1.54, 1.807) is 48.5 Å². The summed E-state index contributed by atoms with van der Waals surface area (Å²) in [4.78, 5) is 26.2. The van der Waals surface area contributed by atoms with Gasteiger partial charge in [-0.25, -0.2) is 9.97 Å². The lowest BCUT2D eigenvalue weighted by Gasteiger charge is -2.36. The zero-order valence-corrected chi connectivity index (χ0v) is 18.2. The molecule has 1 amide bonds. The highest BCUT2D eigenvalue weighted by Gasteiger charge is 2.25. The van der Waals surface area contributed by atoms with Crippen molar-refractivity contribution in [1.29, 1.82) is 5.26 Å². The fraction of sp³-hybridized carbons (Fsp3) is 0.174. The largest absolute Gasteiger partial charge is 0.363 e. The van der Waals surface area contributed by atoms with E-state index in [0.717, 1.165) is 0 Å². The Morgan fingerprint density at radius 1 is 1.03 bits per heavy atom. The van der Waals surface area contributed by atoms with Gasteiger partial charge in [0.05, 0.1) is 22.7 Å². The third kappa shape index (κ3) is 4.29. The minimum Gasteiger partial charge on any atom is -0.363 e. The Hall–Kier alpha value is -4.16. The van der Waals surface area contributed by atoms with E-state index in [0.29, 0.717) is 70.8 Å². The number of aromatic nitrogens is 3. The van der Waals surface area contributed by atoms with Crippen LogP contribution in [0.4, 0.5) is 17.5 Å². The Balaban J connectivity index is 1.41. The van der Waals surface area contributed by atoms with Crippen LogP contribution in [0.5, 0.6) is 0 Å². The molecule has 0 atom stereocenters. The van der Waals surface area contributed by atoms with Gasteiger partial charge in [-0.15, -0.1) is 0 Å². The molecule has 1 aliphatic rings. The van der Waals surface area contributed by atoms with E-state index in [4.69, 9.17) is 26.1 Å². The maximum atomic E-state index is 12.9. The topological polar surface area (TPSA) is 111 Å². The van der Waals surface area contributed by atoms with Crippen LogP contribution in [0.15, 0.2) is 59.3 Å². The number of hydrogen-bond donors (Lipinski definition) is 1. The van der Waals surface area contributed by atoms with Crippen LogP contribution in [0.2, 0.25) is 5.02 Å². The molecule has 2 aromatic carbocycles. The molecular formula is C23H18ClN7O2. The van der Waals surface area contributed by atoms with E-state index >= 15 is 0 Å². The number of nitriles is 1. The zero-order valence-electron chi connectivity index (χ0n) is 17.4. The highest BCUT2D eigenvalue weighted by Crippen LogP contribution is 2.29. The van der Waals surface area contributed by atoms with Crippen molar-refractivity contribution in [3.63, 3.8) is 0 Å². The lowest BCUT2D eigenvalue weighted by Crippen LogP contribution is -2.49. The molecule has 1 fully saturated rings. The fourth-order valence-corrected chi connectivity index (χ4v) is 3.84. The van der Waals surface area contributed by atoms with Crippen molar-refractivity contribution in [3.8, 4) is 6.07 Å². The van der Waals surface area contributed by atoms with Crippen LogP contribution >= 0.6 is 11.6 Å². The number of benzene rings is 2. The lowest BCUT2D eigenvalue weighted by atomic mass is 10.2. The second kappa shape index (κ2) is 8.76. The highest BCUT2D eigenvalue weighted by atomic mass is 35.5. The predicted octanol–water partition coefficient (Wildman–Crippen LogP) is 3.85. The number of amides is 1. The van der Waals surface area contributed by atoms with Gasteiger partial charge in [-0.3, -0.25) is 4.79 Å². The van der Waals surface area contributed by atoms with Crippen LogP contribution in [0.25, 0.3) is 11.0 Å². The number of carbonyl (C=O) groups is 1. The molecule has 1 saturated heterocycles. The number of hydrogen-bond acceptors (Lipinski definition) is 8. The van der Waals surface area contributed by atoms with Crippen LogP contribution in [-0.4, -0.2) is 52.1 Å². The summed E-state index contributed by atoms with van der Waals surface area (Å²) in [5.74, 6) is 1.63. The van der Waals surface area contributed by atoms with Gasteiger partial charge in [-0.1, -0.05) is 16.8 Å². The van der Waals surface area contributed by atoms with Crippen LogP contribution in [0.1, 0.15) is 15.9 Å². The van der Waals surface area contributed by atoms with Crippen molar-refractivity contribution < 1.29 is 9.32 Å². The number of carbonyl (C=O) groups excluding carboxylic acids is 1. The molecule has 3 heterocycles. The van der Waals surface area contributed by atoms with Crippen molar-refractivity contribution in [2.45, 2.75) is 0 Å². The third-order valence-electron chi connectivity index (χ3n) is 5.42. The summed E-state index contributed by atoms with van der Waals surface area (Å²) in [6, 6.07) is 15.9. The Bertz CT molecular complexity index is 1340. The number of halogens is 1. The molecule has 5 rings (SSSR count). The maximum absolute atomic E-state index is 12.9. The summed E-state index contributed by atoms with van der Waals surface area (Å²) in [6.45, 7) is 2.21. The van der Waals surface area contributed by atoms with Crippen molar-refractivity contribution >= 4 is 46.0 Å². The molecule has 0 radical (unpaired) electrons. The summed E-state index contributed by atoms with van der Waals surface area (Å²) in [7, 11) is 0. The molecule has 2 aromatic heterocycles. The van der Waals surface area contributed by atoms with Gasteiger partial charge in [-0.05, 0) is 42.5 Å². The van der Waals surface area contributed by atoms with Gasteiger partial charge in [-0.2, -0.15) is 5.26 Å². The number of nitrogens with one attached hydrogen (secondary N) is 1. The molecule has 4 aromatic rings. The molecule has 0 saturated carbocycles. The summed E-state index contributed by atoms with van der Waals surface area (Å²) in [5, 5.41) is 16.9. The van der Waals surface area contributed by atoms with Gasteiger partial charge in [0.1, 0.15) is 6.26 Å². The first-order valence-corrected chi connectivity index (χ1v) is 10.7. The molecule has 9 nitrogen and oxygen atoms in total. The Morgan fingerprint density at radius 3 is 2.52 bits per heavy atom. The van der Waals surface area contributed by atoms with E-state index in [1.165, 1.54) is 6.26 Å². The van der Waals surface area contributed by atoms with Crippen LogP contribution in [0.3, 0.4) is 0 Å². The minimum absolute atomic E-state index is 0.0319. The Kier molecular flexibility index (Phi) is 5.50. The smallest absolute Gasteiger partial charge is 0.253 e. The minimum atomic E-state index is -0.0319. The Morgan fingerprint density at radius 2 is 1.82 bits per heavy atom. The highest BCUT2D eigenvalue weighted by molar-refractivity contribution is 6.30. The standard InChI is InChI=1S/C23H18ClN7O2/c24-17-4-2-16(3-5-17)23(32)31-10-8-30(9-11-31)22-21(28-20-7-12-33-29-20)26-18-6-1-15(14-25)13-19(18)27-22/h1-7,12-13H,8-11H2,(H,26,28,29). The van der Waals surface area contributed by atoms with Gasteiger partial charge in [0.25, 0.3) is 5.91 Å². The summed E-state index contributed by atoms with van der Waals surface area (Å²) in [6.07, 6.45) is 1.47. The molecule has 164 valence electrons. The second-order valence-electron chi connectivity index (χ2n) is 7.51. The summed E-state index contributed by atoms with van der Waals surface area (Å²) >= 11 is 5.94. The summed E-state index contributed by atoms with van der Waals surface area (Å²) in [5.41, 5.74) is 2.39. The predicted molar refractivity (Wildman–Crippen MR) is 124 cm³/mol. The van der Waals surface area contributed by atoms with E-state index < -0.39 is 0 Å². The maximum Gasteiger partial charge on any atom is 0.253 e. The number of nitrogens with zero attached hydrogens (tertiary/aromatic N) is 6. The third-order valence-corrected chi connectivity index (χ3v) is 5.67. The average molecular weight is 460 g/mol. The molecule has 1 N–H and O–H groups in total. The number of piperazine rings is 1. The molecule has 0 bridgehead atoms. The fourth-order valence-electron chi connectivity index (χ4n) is 3.71. The second-order valence-corrected chi connectivity index (χ2v) is 7.94. The van der Waals surface area contributed by atoms with Crippen molar-refractivity contribution in [2.24, 2.45) is 0 Å². The van der Waals surface area contributed by atoms with Crippen molar-refractivity contribution in [1.82, 2.24) is 20.0 Å². The number of anilines is 3. The number of fused-ring (bicyclic) bond motifs is 1. The van der Waals surface area contributed by atoms with Crippen LogP contribution in [0, 0.1) is 11.3 Å². The zero-order chi connectivity index (χ0) is 22.8. The molecule has 0 spiro atoms. The average Bonchev–Trinajstić information content (AvgIpc) is 3.36. The van der Waals surface area contributed by atoms with Crippen LogP contribution in [-0.2, 0) is 0 Å². The van der Waals surface area contributed by atoms with Crippen LogP contribution < -0.4 is 10.2 Å². The molecule has 0 unspecified atom stereocenters. The normalized spacial score (nSPS) is 13.7. The van der Waals surface area contributed by atoms with E-state index in [1.807, 2.05) is 4.90 Å². The molecule has 1 aliphatic heterocycles. The quantitative estimate of drug-likeness (QED) is 0.490. The van der Waals surface area contributed by atoms with Crippen molar-refractivity contribution in [3.05, 3.63) is 70.9 Å². The first kappa shape index (κ1) is 20.7. The van der Waals surface area contributed by atoms with Gasteiger partial charge in [0.2, 0.25) is 0 Å². The Labute approximate surface area is 194 Å². The first-order chi connectivity index (χ1) is 16.1. The van der Waals surface area contributed by atoms with Gasteiger partial charge < -0.3 is 19.6 Å². The molecule has 33 heavy (non-hydrogen) atoms.